The van der Waals surface area contributed by atoms with Gasteiger partial charge >= 0.3 is 6.61 Å². The van der Waals surface area contributed by atoms with Gasteiger partial charge in [0, 0.05) is 49.3 Å². The Kier molecular flexibility index (Phi) is 14.0. The molecule has 0 bridgehead atoms. The third-order valence-corrected chi connectivity index (χ3v) is 6.75. The number of halogens is 2. The number of hydrogen-bond donors (Lipinski definition) is 1. The molecule has 4 aromatic rings. The van der Waals surface area contributed by atoms with Crippen molar-refractivity contribution in [1.29, 1.82) is 0 Å². The van der Waals surface area contributed by atoms with E-state index >= 15 is 0 Å². The van der Waals surface area contributed by atoms with Gasteiger partial charge in [-0.3, -0.25) is 9.20 Å². The molecular formula is C33H44F2N6O3. The zero-order valence-corrected chi connectivity index (χ0v) is 26.3. The summed E-state index contributed by atoms with van der Waals surface area (Å²) < 4.78 is 37.0. The van der Waals surface area contributed by atoms with E-state index < -0.39 is 6.61 Å². The van der Waals surface area contributed by atoms with Gasteiger partial charge < -0.3 is 24.6 Å². The molecule has 0 saturated carbocycles. The summed E-state index contributed by atoms with van der Waals surface area (Å²) in [5, 5.41) is 3.27. The lowest BCUT2D eigenvalue weighted by Crippen LogP contribution is -2.32. The number of hydrogen-bond acceptors (Lipinski definition) is 7. The van der Waals surface area contributed by atoms with Crippen molar-refractivity contribution >= 4 is 23.1 Å². The van der Waals surface area contributed by atoms with Gasteiger partial charge in [0.1, 0.15) is 5.75 Å². The van der Waals surface area contributed by atoms with Gasteiger partial charge in [0.05, 0.1) is 25.1 Å². The van der Waals surface area contributed by atoms with Crippen molar-refractivity contribution in [2.45, 2.75) is 47.1 Å². The zero-order valence-electron chi connectivity index (χ0n) is 26.3. The summed E-state index contributed by atoms with van der Waals surface area (Å²) in [5.74, 6) is 0.544. The molecule has 0 radical (unpaired) electrons. The highest BCUT2D eigenvalue weighted by Gasteiger charge is 2.14. The van der Waals surface area contributed by atoms with Crippen molar-refractivity contribution in [2.75, 3.05) is 51.8 Å². The van der Waals surface area contributed by atoms with E-state index in [2.05, 4.69) is 38.8 Å². The van der Waals surface area contributed by atoms with E-state index in [-0.39, 0.29) is 11.7 Å². The van der Waals surface area contributed by atoms with Crippen molar-refractivity contribution in [3.63, 3.8) is 0 Å². The highest BCUT2D eigenvalue weighted by atomic mass is 19.3. The Labute approximate surface area is 258 Å². The molecule has 0 fully saturated rings. The van der Waals surface area contributed by atoms with E-state index in [9.17, 15) is 13.6 Å². The van der Waals surface area contributed by atoms with Gasteiger partial charge in [-0.2, -0.15) is 8.78 Å². The van der Waals surface area contributed by atoms with Gasteiger partial charge in [0.15, 0.2) is 11.5 Å². The first-order valence-electron chi connectivity index (χ1n) is 15.2. The van der Waals surface area contributed by atoms with Crippen LogP contribution in [0.1, 0.15) is 50.9 Å². The minimum absolute atomic E-state index is 0.0770. The smallest absolute Gasteiger partial charge is 0.387 e. The van der Waals surface area contributed by atoms with E-state index in [1.807, 2.05) is 30.4 Å². The molecule has 9 nitrogen and oxygen atoms in total. The second kappa shape index (κ2) is 17.9. The number of benzene rings is 2. The third kappa shape index (κ3) is 9.72. The van der Waals surface area contributed by atoms with Crippen molar-refractivity contribution in [2.24, 2.45) is 0 Å². The fourth-order valence-corrected chi connectivity index (χ4v) is 4.65. The Bertz CT molecular complexity index is 1410. The average Bonchev–Trinajstić information content (AvgIpc) is 3.47. The zero-order chi connectivity index (χ0) is 31.9. The second-order valence-electron chi connectivity index (χ2n) is 9.90. The van der Waals surface area contributed by atoms with Crippen molar-refractivity contribution < 1.29 is 23.0 Å². The highest BCUT2D eigenvalue weighted by Crippen LogP contribution is 2.27. The van der Waals surface area contributed by atoms with Crippen molar-refractivity contribution in [1.82, 2.24) is 24.2 Å². The summed E-state index contributed by atoms with van der Waals surface area (Å²) in [6, 6.07) is 13.6. The van der Waals surface area contributed by atoms with Crippen LogP contribution in [0.4, 0.5) is 20.3 Å². The molecule has 0 saturated heterocycles. The molecule has 11 heteroatoms. The molecular weight excluding hydrogens is 566 g/mol. The van der Waals surface area contributed by atoms with Crippen LogP contribution in [0.15, 0.2) is 67.1 Å². The molecule has 44 heavy (non-hydrogen) atoms. The Morgan fingerprint density at radius 1 is 0.932 bits per heavy atom. The van der Waals surface area contributed by atoms with Gasteiger partial charge in [-0.1, -0.05) is 27.7 Å². The molecule has 238 valence electrons. The molecule has 2 aromatic carbocycles. The molecule has 0 atom stereocenters. The van der Waals surface area contributed by atoms with Crippen LogP contribution in [-0.4, -0.2) is 83.1 Å². The van der Waals surface area contributed by atoms with Crippen LogP contribution in [0, 0.1) is 0 Å². The third-order valence-electron chi connectivity index (χ3n) is 6.75. The largest absolute Gasteiger partial charge is 0.435 e. The number of aromatic nitrogens is 3. The second-order valence-corrected chi connectivity index (χ2v) is 9.90. The van der Waals surface area contributed by atoms with Crippen LogP contribution in [0.25, 0.3) is 16.9 Å². The van der Waals surface area contributed by atoms with Crippen LogP contribution in [-0.2, 0) is 4.74 Å². The number of fused-ring (bicyclic) bond motifs is 1. The van der Waals surface area contributed by atoms with Crippen LogP contribution in [0.2, 0.25) is 0 Å². The normalized spacial score (nSPS) is 11.0. The number of carbonyl (C=O) groups is 1. The Balaban J connectivity index is 0.00000259. The molecule has 0 unspecified atom stereocenters. The molecule has 0 spiro atoms. The number of likely N-dealkylation sites (N-methyl/N-ethyl adjacent to an activating group) is 1. The number of anilines is 2. The minimum Gasteiger partial charge on any atom is -0.435 e. The number of alkyl halides is 2. The summed E-state index contributed by atoms with van der Waals surface area (Å²) in [7, 11) is 1.78. The van der Waals surface area contributed by atoms with E-state index in [0.717, 1.165) is 49.4 Å². The van der Waals surface area contributed by atoms with E-state index in [4.69, 9.17) is 4.74 Å². The molecule has 2 aromatic heterocycles. The average molecular weight is 611 g/mol. The Morgan fingerprint density at radius 2 is 1.59 bits per heavy atom. The van der Waals surface area contributed by atoms with E-state index in [1.54, 1.807) is 54.8 Å². The van der Waals surface area contributed by atoms with Crippen LogP contribution >= 0.6 is 0 Å². The van der Waals surface area contributed by atoms with E-state index in [1.165, 1.54) is 12.1 Å². The predicted molar refractivity (Wildman–Crippen MR) is 171 cm³/mol. The van der Waals surface area contributed by atoms with Gasteiger partial charge in [-0.15, -0.1) is 0 Å². The van der Waals surface area contributed by atoms with Crippen LogP contribution in [0.5, 0.6) is 5.75 Å². The van der Waals surface area contributed by atoms with Gasteiger partial charge in [0.2, 0.25) is 0 Å². The SMILES string of the molecule is CC.CCCN(CCC)CCOCCN(C)C(=O)c1ccc(Nc2nccn3c(-c4ccc(OC(F)F)cc4)cnc23)cc1. The standard InChI is InChI=1S/C31H38F2N6O3.C2H6/c1-4-15-38(16-5-2)19-21-41-20-18-37(3)30(40)24-6-10-25(11-7-24)36-28-29-35-22-27(39(29)17-14-34-28)23-8-12-26(13-9-23)42-31(32)33;1-2/h6-14,17,22,31H,4-5,15-16,18-21H2,1-3H3,(H,34,36);1-2H3. The number of carbonyl (C=O) groups excluding carboxylic acids is 1. The topological polar surface area (TPSA) is 84.2 Å². The fourth-order valence-electron chi connectivity index (χ4n) is 4.65. The highest BCUT2D eigenvalue weighted by molar-refractivity contribution is 5.94. The summed E-state index contributed by atoms with van der Waals surface area (Å²) in [4.78, 5) is 25.9. The minimum atomic E-state index is -2.87. The lowest BCUT2D eigenvalue weighted by molar-refractivity contribution is -0.0498. The van der Waals surface area contributed by atoms with Crippen LogP contribution < -0.4 is 10.1 Å². The van der Waals surface area contributed by atoms with Crippen LogP contribution in [0.3, 0.4) is 0 Å². The quantitative estimate of drug-likeness (QED) is 0.137. The van der Waals surface area contributed by atoms with Crippen molar-refractivity contribution in [3.05, 3.63) is 72.7 Å². The lowest BCUT2D eigenvalue weighted by atomic mass is 10.1. The summed E-state index contributed by atoms with van der Waals surface area (Å²) in [6.07, 6.45) is 7.37. The van der Waals surface area contributed by atoms with Gasteiger partial charge in [0.25, 0.3) is 5.91 Å². The molecule has 2 heterocycles. The summed E-state index contributed by atoms with van der Waals surface area (Å²) in [6.45, 7) is 10.2. The number of rotatable bonds is 16. The molecule has 0 aliphatic rings. The number of amides is 1. The molecule has 1 amide bonds. The lowest BCUT2D eigenvalue weighted by Gasteiger charge is -2.21. The molecule has 0 aliphatic carbocycles. The first-order chi connectivity index (χ1) is 21.4. The number of ether oxygens (including phenoxy) is 2. The Morgan fingerprint density at radius 3 is 2.23 bits per heavy atom. The summed E-state index contributed by atoms with van der Waals surface area (Å²) in [5.41, 5.74) is 3.47. The molecule has 4 rings (SSSR count). The maximum absolute atomic E-state index is 12.9. The van der Waals surface area contributed by atoms with Crippen molar-refractivity contribution in [3.8, 4) is 17.0 Å². The maximum Gasteiger partial charge on any atom is 0.387 e. The van der Waals surface area contributed by atoms with Gasteiger partial charge in [-0.25, -0.2) is 9.97 Å². The number of nitrogens with zero attached hydrogens (tertiary/aromatic N) is 5. The van der Waals surface area contributed by atoms with Gasteiger partial charge in [-0.05, 0) is 74.5 Å². The molecule has 0 aliphatic heterocycles. The predicted octanol–water partition coefficient (Wildman–Crippen LogP) is 6.98. The number of nitrogens with one attached hydrogen (secondary N) is 1. The first kappa shape index (κ1) is 34.4. The maximum atomic E-state index is 12.9. The fraction of sp³-hybridized carbons (Fsp3) is 0.424. The summed E-state index contributed by atoms with van der Waals surface area (Å²) >= 11 is 0. The monoisotopic (exact) mass is 610 g/mol. The Hall–Kier alpha value is -4.09. The molecule has 1 N–H and O–H groups in total. The first-order valence-corrected chi connectivity index (χ1v) is 15.2. The van der Waals surface area contributed by atoms with E-state index in [0.29, 0.717) is 36.8 Å². The number of imidazole rings is 1.